The third-order valence-electron chi connectivity index (χ3n) is 3.46. The van der Waals surface area contributed by atoms with E-state index in [1.54, 1.807) is 24.0 Å². The predicted molar refractivity (Wildman–Crippen MR) is 75.1 cm³/mol. The lowest BCUT2D eigenvalue weighted by Gasteiger charge is -2.25. The van der Waals surface area contributed by atoms with Crippen LogP contribution in [0.2, 0.25) is 0 Å². The van der Waals surface area contributed by atoms with Crippen LogP contribution in [0.4, 0.5) is 9.18 Å². The molecule has 1 aliphatic heterocycles. The molecule has 1 aromatic carbocycles. The summed E-state index contributed by atoms with van der Waals surface area (Å²) in [5.41, 5.74) is 0.903. The van der Waals surface area contributed by atoms with Gasteiger partial charge in [0, 0.05) is 6.54 Å². The highest BCUT2D eigenvalue weighted by Gasteiger charge is 2.30. The van der Waals surface area contributed by atoms with Gasteiger partial charge in [0.15, 0.2) is 0 Å². The fourth-order valence-electron chi connectivity index (χ4n) is 2.50. The Kier molecular flexibility index (Phi) is 5.14. The van der Waals surface area contributed by atoms with E-state index in [9.17, 15) is 14.0 Å². The number of hydrogen-bond acceptors (Lipinski definition) is 3. The minimum Gasteiger partial charge on any atom is -0.465 e. The Balaban J connectivity index is 1.96. The van der Waals surface area contributed by atoms with Crippen LogP contribution in [0, 0.1) is 5.82 Å². The van der Waals surface area contributed by atoms with E-state index in [-0.39, 0.29) is 31.0 Å². The van der Waals surface area contributed by atoms with E-state index in [1.807, 2.05) is 0 Å². The van der Waals surface area contributed by atoms with Crippen LogP contribution in [-0.4, -0.2) is 36.6 Å². The molecule has 0 unspecified atom stereocenters. The van der Waals surface area contributed by atoms with E-state index in [0.717, 1.165) is 18.4 Å². The van der Waals surface area contributed by atoms with Gasteiger partial charge in [-0.1, -0.05) is 12.1 Å². The van der Waals surface area contributed by atoms with E-state index in [4.69, 9.17) is 4.74 Å². The molecule has 1 atom stereocenters. The largest absolute Gasteiger partial charge is 0.465 e. The molecule has 1 heterocycles. The van der Waals surface area contributed by atoms with Gasteiger partial charge < -0.3 is 15.0 Å². The Morgan fingerprint density at radius 1 is 1.38 bits per heavy atom. The lowest BCUT2D eigenvalue weighted by Crippen LogP contribution is -2.42. The Hall–Kier alpha value is -2.11. The molecule has 0 radical (unpaired) electrons. The SMILES string of the molecule is CCOC(=O)CNC(=O)N1CCC[C@H]1c1ccc(F)cc1. The van der Waals surface area contributed by atoms with Crippen molar-refractivity contribution < 1.29 is 18.7 Å². The van der Waals surface area contributed by atoms with Crippen molar-refractivity contribution in [3.63, 3.8) is 0 Å². The summed E-state index contributed by atoms with van der Waals surface area (Å²) < 4.78 is 17.7. The highest BCUT2D eigenvalue weighted by atomic mass is 19.1. The number of nitrogens with one attached hydrogen (secondary N) is 1. The number of likely N-dealkylation sites (tertiary alicyclic amines) is 1. The Morgan fingerprint density at radius 2 is 2.10 bits per heavy atom. The molecule has 21 heavy (non-hydrogen) atoms. The molecule has 5 nitrogen and oxygen atoms in total. The van der Waals surface area contributed by atoms with Crippen molar-refractivity contribution in [1.29, 1.82) is 0 Å². The van der Waals surface area contributed by atoms with Gasteiger partial charge in [-0.3, -0.25) is 4.79 Å². The molecule has 1 saturated heterocycles. The maximum absolute atomic E-state index is 13.0. The van der Waals surface area contributed by atoms with Gasteiger partial charge >= 0.3 is 12.0 Å². The average Bonchev–Trinajstić information content (AvgIpc) is 2.95. The first kappa shape index (κ1) is 15.3. The van der Waals surface area contributed by atoms with Crippen molar-refractivity contribution >= 4 is 12.0 Å². The topological polar surface area (TPSA) is 58.6 Å². The van der Waals surface area contributed by atoms with Crippen LogP contribution in [0.1, 0.15) is 31.4 Å². The van der Waals surface area contributed by atoms with Gasteiger partial charge in [-0.2, -0.15) is 0 Å². The van der Waals surface area contributed by atoms with E-state index in [2.05, 4.69) is 5.32 Å². The van der Waals surface area contributed by atoms with Crippen molar-refractivity contribution in [3.05, 3.63) is 35.6 Å². The van der Waals surface area contributed by atoms with Crippen LogP contribution in [-0.2, 0) is 9.53 Å². The first-order valence-corrected chi connectivity index (χ1v) is 7.07. The van der Waals surface area contributed by atoms with Gasteiger partial charge in [0.2, 0.25) is 0 Å². The maximum Gasteiger partial charge on any atom is 0.325 e. The number of rotatable bonds is 4. The van der Waals surface area contributed by atoms with Gasteiger partial charge in [0.05, 0.1) is 12.6 Å². The summed E-state index contributed by atoms with van der Waals surface area (Å²) in [6.07, 6.45) is 1.72. The third-order valence-corrected chi connectivity index (χ3v) is 3.46. The zero-order valence-electron chi connectivity index (χ0n) is 12.0. The first-order valence-electron chi connectivity index (χ1n) is 7.07. The summed E-state index contributed by atoms with van der Waals surface area (Å²) in [4.78, 5) is 25.1. The zero-order valence-corrected chi connectivity index (χ0v) is 12.0. The molecule has 1 fully saturated rings. The second kappa shape index (κ2) is 7.06. The summed E-state index contributed by atoms with van der Waals surface area (Å²) in [7, 11) is 0. The summed E-state index contributed by atoms with van der Waals surface area (Å²) in [5, 5.41) is 2.56. The third kappa shape index (κ3) is 3.93. The molecular weight excluding hydrogens is 275 g/mol. The number of ether oxygens (including phenoxy) is 1. The number of urea groups is 1. The number of nitrogens with zero attached hydrogens (tertiary/aromatic N) is 1. The van der Waals surface area contributed by atoms with Crippen LogP contribution in [0.15, 0.2) is 24.3 Å². The Morgan fingerprint density at radius 3 is 2.76 bits per heavy atom. The van der Waals surface area contributed by atoms with Crippen molar-refractivity contribution in [3.8, 4) is 0 Å². The molecule has 0 aromatic heterocycles. The standard InChI is InChI=1S/C15H19FN2O3/c1-2-21-14(19)10-17-15(20)18-9-3-4-13(18)11-5-7-12(16)8-6-11/h5-8,13H,2-4,9-10H2,1H3,(H,17,20)/t13-/m0/s1. The number of amides is 2. The number of carbonyl (C=O) groups excluding carboxylic acids is 2. The molecule has 0 saturated carbocycles. The van der Waals surface area contributed by atoms with E-state index >= 15 is 0 Å². The Labute approximate surface area is 123 Å². The number of halogens is 1. The fourth-order valence-corrected chi connectivity index (χ4v) is 2.50. The second-order valence-electron chi connectivity index (χ2n) is 4.87. The molecule has 0 spiro atoms. The van der Waals surface area contributed by atoms with Crippen LogP contribution in [0.25, 0.3) is 0 Å². The predicted octanol–water partition coefficient (Wildman–Crippen LogP) is 2.24. The highest BCUT2D eigenvalue weighted by Crippen LogP contribution is 2.31. The van der Waals surface area contributed by atoms with Crippen LogP contribution >= 0.6 is 0 Å². The lowest BCUT2D eigenvalue weighted by atomic mass is 10.0. The molecule has 0 bridgehead atoms. The maximum atomic E-state index is 13.0. The normalized spacial score (nSPS) is 17.6. The van der Waals surface area contributed by atoms with Crippen molar-refractivity contribution in [2.75, 3.05) is 19.7 Å². The molecule has 2 rings (SSSR count). The van der Waals surface area contributed by atoms with Crippen molar-refractivity contribution in [1.82, 2.24) is 10.2 Å². The van der Waals surface area contributed by atoms with E-state index in [0.29, 0.717) is 6.54 Å². The molecule has 1 aromatic rings. The average molecular weight is 294 g/mol. The minimum atomic E-state index is -0.455. The molecule has 2 amide bonds. The molecule has 114 valence electrons. The summed E-state index contributed by atoms with van der Waals surface area (Å²) >= 11 is 0. The second-order valence-corrected chi connectivity index (χ2v) is 4.87. The summed E-state index contributed by atoms with van der Waals surface area (Å²) in [6.45, 7) is 2.48. The first-order chi connectivity index (χ1) is 10.1. The molecule has 1 aliphatic rings. The molecule has 0 aliphatic carbocycles. The molecule has 1 N–H and O–H groups in total. The smallest absolute Gasteiger partial charge is 0.325 e. The van der Waals surface area contributed by atoms with Crippen LogP contribution < -0.4 is 5.32 Å². The molecule has 6 heteroatoms. The van der Waals surface area contributed by atoms with Gasteiger partial charge in [-0.25, -0.2) is 9.18 Å². The van der Waals surface area contributed by atoms with Crippen molar-refractivity contribution in [2.45, 2.75) is 25.8 Å². The molecular formula is C15H19FN2O3. The quantitative estimate of drug-likeness (QED) is 0.866. The van der Waals surface area contributed by atoms with Gasteiger partial charge in [-0.05, 0) is 37.5 Å². The number of benzene rings is 1. The summed E-state index contributed by atoms with van der Waals surface area (Å²) in [6, 6.07) is 5.79. The van der Waals surface area contributed by atoms with Crippen LogP contribution in [0.5, 0.6) is 0 Å². The number of esters is 1. The zero-order chi connectivity index (χ0) is 15.2. The lowest BCUT2D eigenvalue weighted by molar-refractivity contribution is -0.141. The fraction of sp³-hybridized carbons (Fsp3) is 0.467. The van der Waals surface area contributed by atoms with Crippen molar-refractivity contribution in [2.24, 2.45) is 0 Å². The number of hydrogen-bond donors (Lipinski definition) is 1. The highest BCUT2D eigenvalue weighted by molar-refractivity contribution is 5.81. The minimum absolute atomic E-state index is 0.0761. The van der Waals surface area contributed by atoms with Gasteiger partial charge in [-0.15, -0.1) is 0 Å². The number of carbonyl (C=O) groups is 2. The van der Waals surface area contributed by atoms with Gasteiger partial charge in [0.25, 0.3) is 0 Å². The summed E-state index contributed by atoms with van der Waals surface area (Å²) in [5.74, 6) is -0.751. The monoisotopic (exact) mass is 294 g/mol. The van der Waals surface area contributed by atoms with Gasteiger partial charge in [0.1, 0.15) is 12.4 Å². The van der Waals surface area contributed by atoms with E-state index in [1.165, 1.54) is 12.1 Å². The van der Waals surface area contributed by atoms with E-state index < -0.39 is 5.97 Å². The Bertz CT molecular complexity index is 504. The van der Waals surface area contributed by atoms with Crippen LogP contribution in [0.3, 0.4) is 0 Å².